The van der Waals surface area contributed by atoms with Gasteiger partial charge < -0.3 is 14.5 Å². The van der Waals surface area contributed by atoms with Crippen LogP contribution in [-0.2, 0) is 4.74 Å². The summed E-state index contributed by atoms with van der Waals surface area (Å²) in [5.74, 6) is 1.59. The maximum atomic E-state index is 5.84. The Morgan fingerprint density at radius 3 is 2.82 bits per heavy atom. The van der Waals surface area contributed by atoms with E-state index in [0.29, 0.717) is 19.8 Å². The predicted octanol–water partition coefficient (Wildman–Crippen LogP) is 4.41. The Kier molecular flexibility index (Phi) is 4.75. The number of nitrogens with one attached hydrogen (secondary N) is 1. The maximum absolute atomic E-state index is 5.84. The molecule has 114 valence electrons. The largest absolute Gasteiger partial charge is 0.490 e. The quantitative estimate of drug-likeness (QED) is 0.662. The lowest BCUT2D eigenvalue weighted by Gasteiger charge is -2.10. The maximum Gasteiger partial charge on any atom is 0.142 e. The molecule has 0 saturated carbocycles. The van der Waals surface area contributed by atoms with Crippen LogP contribution in [0.5, 0.6) is 5.75 Å². The Labute approximate surface area is 137 Å². The van der Waals surface area contributed by atoms with E-state index in [1.165, 1.54) is 0 Å². The molecule has 0 aliphatic heterocycles. The van der Waals surface area contributed by atoms with Gasteiger partial charge in [0.2, 0.25) is 0 Å². The number of fused-ring (bicyclic) bond motifs is 1. The Balaban J connectivity index is 1.92. The normalized spacial score (nSPS) is 11.0. The molecule has 0 amide bonds. The van der Waals surface area contributed by atoms with Gasteiger partial charge in [-0.3, -0.25) is 0 Å². The minimum Gasteiger partial charge on any atom is -0.490 e. The number of hydrogen-bond acceptors (Lipinski definition) is 3. The third-order valence-corrected chi connectivity index (χ3v) is 3.77. The zero-order valence-corrected chi connectivity index (χ0v) is 13.9. The van der Waals surface area contributed by atoms with Crippen LogP contribution in [0.3, 0.4) is 0 Å². The standard InChI is InChI=1S/C17H17BrN2O2/c1-2-21-9-10-22-16-8-7-12(18)11-13(16)17-19-14-5-3-4-6-15(14)20-17/h3-8,11H,2,9-10H2,1H3,(H,19,20). The van der Waals surface area contributed by atoms with E-state index in [4.69, 9.17) is 9.47 Å². The molecule has 3 rings (SSSR count). The average molecular weight is 361 g/mol. The second-order valence-electron chi connectivity index (χ2n) is 4.79. The van der Waals surface area contributed by atoms with Gasteiger partial charge in [-0.1, -0.05) is 28.1 Å². The Hall–Kier alpha value is -1.85. The number of ether oxygens (including phenoxy) is 2. The lowest BCUT2D eigenvalue weighted by molar-refractivity contribution is 0.110. The van der Waals surface area contributed by atoms with Gasteiger partial charge in [0.15, 0.2) is 0 Å². The number of aromatic nitrogens is 2. The van der Waals surface area contributed by atoms with Crippen LogP contribution in [0, 0.1) is 0 Å². The highest BCUT2D eigenvalue weighted by Gasteiger charge is 2.11. The Morgan fingerprint density at radius 1 is 1.14 bits per heavy atom. The molecule has 1 aromatic heterocycles. The first-order chi connectivity index (χ1) is 10.8. The predicted molar refractivity (Wildman–Crippen MR) is 91.2 cm³/mol. The minimum atomic E-state index is 0.517. The summed E-state index contributed by atoms with van der Waals surface area (Å²) in [6, 6.07) is 13.9. The second-order valence-corrected chi connectivity index (χ2v) is 5.70. The highest BCUT2D eigenvalue weighted by molar-refractivity contribution is 9.10. The molecule has 0 atom stereocenters. The van der Waals surface area contributed by atoms with E-state index < -0.39 is 0 Å². The van der Waals surface area contributed by atoms with Gasteiger partial charge in [-0.25, -0.2) is 4.98 Å². The van der Waals surface area contributed by atoms with Crippen LogP contribution in [0.1, 0.15) is 6.92 Å². The van der Waals surface area contributed by atoms with Crippen molar-refractivity contribution in [2.45, 2.75) is 6.92 Å². The summed E-state index contributed by atoms with van der Waals surface area (Å²) in [6.45, 7) is 3.76. The molecule has 4 nitrogen and oxygen atoms in total. The highest BCUT2D eigenvalue weighted by atomic mass is 79.9. The molecule has 0 saturated heterocycles. The fourth-order valence-electron chi connectivity index (χ4n) is 2.25. The van der Waals surface area contributed by atoms with Crippen molar-refractivity contribution in [3.63, 3.8) is 0 Å². The van der Waals surface area contributed by atoms with Crippen molar-refractivity contribution in [2.75, 3.05) is 19.8 Å². The molecule has 0 fully saturated rings. The lowest BCUT2D eigenvalue weighted by Crippen LogP contribution is -2.07. The summed E-state index contributed by atoms with van der Waals surface area (Å²) in [5, 5.41) is 0. The zero-order chi connectivity index (χ0) is 15.4. The fourth-order valence-corrected chi connectivity index (χ4v) is 2.61. The number of halogens is 1. The molecule has 3 aromatic rings. The third kappa shape index (κ3) is 3.31. The van der Waals surface area contributed by atoms with E-state index in [1.54, 1.807) is 0 Å². The molecule has 0 aliphatic carbocycles. The van der Waals surface area contributed by atoms with E-state index in [1.807, 2.05) is 49.4 Å². The molecule has 22 heavy (non-hydrogen) atoms. The number of H-pyrrole nitrogens is 1. The molecule has 0 aliphatic rings. The van der Waals surface area contributed by atoms with Crippen molar-refractivity contribution in [3.05, 3.63) is 46.9 Å². The topological polar surface area (TPSA) is 47.1 Å². The van der Waals surface area contributed by atoms with Crippen LogP contribution < -0.4 is 4.74 Å². The van der Waals surface area contributed by atoms with Crippen molar-refractivity contribution in [2.24, 2.45) is 0 Å². The highest BCUT2D eigenvalue weighted by Crippen LogP contribution is 2.32. The molecule has 5 heteroatoms. The number of rotatable bonds is 6. The summed E-state index contributed by atoms with van der Waals surface area (Å²) >= 11 is 3.51. The fraction of sp³-hybridized carbons (Fsp3) is 0.235. The van der Waals surface area contributed by atoms with E-state index in [9.17, 15) is 0 Å². The second kappa shape index (κ2) is 6.94. The summed E-state index contributed by atoms with van der Waals surface area (Å²) in [4.78, 5) is 7.98. The number of benzene rings is 2. The Morgan fingerprint density at radius 2 is 2.00 bits per heavy atom. The molecular formula is C17H17BrN2O2. The third-order valence-electron chi connectivity index (χ3n) is 3.28. The summed E-state index contributed by atoms with van der Waals surface area (Å²) < 4.78 is 12.1. The first-order valence-electron chi connectivity index (χ1n) is 7.23. The van der Waals surface area contributed by atoms with Crippen LogP contribution >= 0.6 is 15.9 Å². The summed E-state index contributed by atoms with van der Waals surface area (Å²) in [6.07, 6.45) is 0. The van der Waals surface area contributed by atoms with Gasteiger partial charge in [0.25, 0.3) is 0 Å². The van der Waals surface area contributed by atoms with Gasteiger partial charge >= 0.3 is 0 Å². The number of aromatic amines is 1. The van der Waals surface area contributed by atoms with Gasteiger partial charge in [0.1, 0.15) is 18.2 Å². The van der Waals surface area contributed by atoms with Gasteiger partial charge in [-0.05, 0) is 37.3 Å². The Bertz CT molecular complexity index is 737. The van der Waals surface area contributed by atoms with Gasteiger partial charge in [-0.15, -0.1) is 0 Å². The number of para-hydroxylation sites is 2. The molecule has 0 spiro atoms. The van der Waals surface area contributed by atoms with Crippen LogP contribution in [0.4, 0.5) is 0 Å². The van der Waals surface area contributed by atoms with Crippen molar-refractivity contribution in [3.8, 4) is 17.1 Å². The van der Waals surface area contributed by atoms with E-state index in [2.05, 4.69) is 25.9 Å². The van der Waals surface area contributed by atoms with Gasteiger partial charge in [0, 0.05) is 11.1 Å². The molecule has 1 heterocycles. The first kappa shape index (κ1) is 15.1. The number of nitrogens with zero attached hydrogens (tertiary/aromatic N) is 1. The van der Waals surface area contributed by atoms with Crippen LogP contribution in [-0.4, -0.2) is 29.8 Å². The monoisotopic (exact) mass is 360 g/mol. The first-order valence-corrected chi connectivity index (χ1v) is 8.02. The molecule has 0 bridgehead atoms. The van der Waals surface area contributed by atoms with Crippen molar-refractivity contribution < 1.29 is 9.47 Å². The van der Waals surface area contributed by atoms with Crippen molar-refractivity contribution in [1.82, 2.24) is 9.97 Å². The summed E-state index contributed by atoms with van der Waals surface area (Å²) in [7, 11) is 0. The minimum absolute atomic E-state index is 0.517. The van der Waals surface area contributed by atoms with Crippen molar-refractivity contribution in [1.29, 1.82) is 0 Å². The van der Waals surface area contributed by atoms with Gasteiger partial charge in [0.05, 0.1) is 23.2 Å². The SMILES string of the molecule is CCOCCOc1ccc(Br)cc1-c1nc2ccccc2[nH]1. The lowest BCUT2D eigenvalue weighted by atomic mass is 10.2. The number of hydrogen-bond donors (Lipinski definition) is 1. The average Bonchev–Trinajstić information content (AvgIpc) is 2.96. The molecule has 0 radical (unpaired) electrons. The molecule has 0 unspecified atom stereocenters. The number of imidazole rings is 1. The zero-order valence-electron chi connectivity index (χ0n) is 12.3. The van der Waals surface area contributed by atoms with Crippen molar-refractivity contribution >= 4 is 27.0 Å². The van der Waals surface area contributed by atoms with Gasteiger partial charge in [-0.2, -0.15) is 0 Å². The van der Waals surface area contributed by atoms with E-state index >= 15 is 0 Å². The molecule has 2 aromatic carbocycles. The molecule has 1 N–H and O–H groups in total. The summed E-state index contributed by atoms with van der Waals surface area (Å²) in [5.41, 5.74) is 2.89. The molecular weight excluding hydrogens is 344 g/mol. The van der Waals surface area contributed by atoms with Crippen LogP contribution in [0.15, 0.2) is 46.9 Å². The van der Waals surface area contributed by atoms with Crippen LogP contribution in [0.2, 0.25) is 0 Å². The van der Waals surface area contributed by atoms with E-state index in [0.717, 1.165) is 32.6 Å². The van der Waals surface area contributed by atoms with Crippen LogP contribution in [0.25, 0.3) is 22.4 Å². The van der Waals surface area contributed by atoms with E-state index in [-0.39, 0.29) is 0 Å². The smallest absolute Gasteiger partial charge is 0.142 e.